The van der Waals surface area contributed by atoms with E-state index in [2.05, 4.69) is 0 Å². The highest BCUT2D eigenvalue weighted by Gasteiger charge is 2.31. The second-order valence-electron chi connectivity index (χ2n) is 5.06. The van der Waals surface area contributed by atoms with Crippen molar-refractivity contribution in [2.45, 2.75) is 13.0 Å². The van der Waals surface area contributed by atoms with E-state index in [4.69, 9.17) is 10.5 Å². The number of amides is 2. The number of hydrogen-bond acceptors (Lipinski definition) is 4. The number of carbonyl (C=O) groups is 2. The highest BCUT2D eigenvalue weighted by molar-refractivity contribution is 6.35. The van der Waals surface area contributed by atoms with Gasteiger partial charge in [0.1, 0.15) is 5.75 Å². The molecular weight excluding hydrogens is 270 g/mol. The molecule has 0 spiro atoms. The molecule has 6 nitrogen and oxygen atoms in total. The summed E-state index contributed by atoms with van der Waals surface area (Å²) in [4.78, 5) is 26.6. The number of benzene rings is 1. The fraction of sp³-hybridized carbons (Fsp3) is 0.467. The molecule has 1 heterocycles. The standard InChI is InChI=1S/C15H21N3O3/c1-3-21-13-7-5-4-6-11(13)12(16)10-18-9-8-17(2)14(19)15(18)20/h4-7,12H,3,8-10,16H2,1-2H3. The van der Waals surface area contributed by atoms with E-state index in [1.807, 2.05) is 31.2 Å². The van der Waals surface area contributed by atoms with Crippen LogP contribution in [0.3, 0.4) is 0 Å². The largest absolute Gasteiger partial charge is 0.494 e. The predicted molar refractivity (Wildman–Crippen MR) is 78.8 cm³/mol. The molecule has 0 bridgehead atoms. The van der Waals surface area contributed by atoms with Gasteiger partial charge in [-0.15, -0.1) is 0 Å². The normalized spacial score (nSPS) is 17.1. The van der Waals surface area contributed by atoms with E-state index in [1.54, 1.807) is 7.05 Å². The molecule has 21 heavy (non-hydrogen) atoms. The van der Waals surface area contributed by atoms with Gasteiger partial charge in [-0.3, -0.25) is 9.59 Å². The molecule has 1 atom stereocenters. The molecule has 2 N–H and O–H groups in total. The maximum absolute atomic E-state index is 12.0. The van der Waals surface area contributed by atoms with E-state index in [0.29, 0.717) is 26.2 Å². The van der Waals surface area contributed by atoms with Crippen LogP contribution in [0, 0.1) is 0 Å². The fourth-order valence-electron chi connectivity index (χ4n) is 2.36. The summed E-state index contributed by atoms with van der Waals surface area (Å²) in [6.07, 6.45) is 0. The smallest absolute Gasteiger partial charge is 0.312 e. The van der Waals surface area contributed by atoms with Crippen molar-refractivity contribution < 1.29 is 14.3 Å². The Morgan fingerprint density at radius 2 is 1.95 bits per heavy atom. The van der Waals surface area contributed by atoms with E-state index in [9.17, 15) is 9.59 Å². The molecule has 1 saturated heterocycles. The van der Waals surface area contributed by atoms with Crippen LogP contribution in [0.1, 0.15) is 18.5 Å². The maximum Gasteiger partial charge on any atom is 0.312 e. The van der Waals surface area contributed by atoms with Crippen LogP contribution in [0.2, 0.25) is 0 Å². The number of rotatable bonds is 5. The minimum absolute atomic E-state index is 0.308. The van der Waals surface area contributed by atoms with Gasteiger partial charge in [-0.1, -0.05) is 18.2 Å². The first-order chi connectivity index (χ1) is 10.0. The Hall–Kier alpha value is -2.08. The number of para-hydroxylation sites is 1. The lowest BCUT2D eigenvalue weighted by molar-refractivity contribution is -0.155. The average Bonchev–Trinajstić information content (AvgIpc) is 2.49. The first-order valence-corrected chi connectivity index (χ1v) is 7.06. The predicted octanol–water partition coefficient (Wildman–Crippen LogP) is 0.386. The number of hydrogen-bond donors (Lipinski definition) is 1. The van der Waals surface area contributed by atoms with E-state index in [-0.39, 0.29) is 6.04 Å². The van der Waals surface area contributed by atoms with Crippen LogP contribution in [-0.2, 0) is 9.59 Å². The average molecular weight is 291 g/mol. The van der Waals surface area contributed by atoms with Crippen LogP contribution in [0.5, 0.6) is 5.75 Å². The first-order valence-electron chi connectivity index (χ1n) is 7.06. The van der Waals surface area contributed by atoms with Gasteiger partial charge in [-0.2, -0.15) is 0 Å². The second kappa shape index (κ2) is 6.58. The zero-order valence-corrected chi connectivity index (χ0v) is 12.4. The van der Waals surface area contributed by atoms with E-state index < -0.39 is 11.8 Å². The highest BCUT2D eigenvalue weighted by atomic mass is 16.5. The molecule has 1 aliphatic heterocycles. The molecule has 1 aromatic carbocycles. The van der Waals surface area contributed by atoms with Gasteiger partial charge in [-0.25, -0.2) is 0 Å². The molecular formula is C15H21N3O3. The van der Waals surface area contributed by atoms with E-state index in [0.717, 1.165) is 11.3 Å². The zero-order valence-electron chi connectivity index (χ0n) is 12.4. The number of nitrogens with zero attached hydrogens (tertiary/aromatic N) is 2. The summed E-state index contributed by atoms with van der Waals surface area (Å²) < 4.78 is 5.55. The molecule has 1 unspecified atom stereocenters. The summed E-state index contributed by atoms with van der Waals surface area (Å²) >= 11 is 0. The Morgan fingerprint density at radius 3 is 2.67 bits per heavy atom. The van der Waals surface area contributed by atoms with Crippen molar-refractivity contribution in [2.75, 3.05) is 33.3 Å². The van der Waals surface area contributed by atoms with Crippen LogP contribution < -0.4 is 10.5 Å². The Balaban J connectivity index is 2.09. The molecule has 114 valence electrons. The zero-order chi connectivity index (χ0) is 15.4. The van der Waals surface area contributed by atoms with Gasteiger partial charge >= 0.3 is 11.8 Å². The van der Waals surface area contributed by atoms with Gasteiger partial charge in [0.05, 0.1) is 12.6 Å². The maximum atomic E-state index is 12.0. The molecule has 0 saturated carbocycles. The SMILES string of the molecule is CCOc1ccccc1C(N)CN1CCN(C)C(=O)C1=O. The van der Waals surface area contributed by atoms with Crippen molar-refractivity contribution in [3.8, 4) is 5.75 Å². The third-order valence-electron chi connectivity index (χ3n) is 3.56. The van der Waals surface area contributed by atoms with Crippen molar-refractivity contribution in [2.24, 2.45) is 5.73 Å². The van der Waals surface area contributed by atoms with Crippen molar-refractivity contribution in [3.05, 3.63) is 29.8 Å². The number of carbonyl (C=O) groups excluding carboxylic acids is 2. The van der Waals surface area contributed by atoms with Gasteiger partial charge in [0, 0.05) is 32.2 Å². The lowest BCUT2D eigenvalue weighted by Crippen LogP contribution is -2.54. The van der Waals surface area contributed by atoms with Gasteiger partial charge in [-0.05, 0) is 13.0 Å². The Morgan fingerprint density at radius 1 is 1.24 bits per heavy atom. The summed E-state index contributed by atoms with van der Waals surface area (Å²) in [5, 5.41) is 0. The number of piperazine rings is 1. The van der Waals surface area contributed by atoms with Crippen LogP contribution in [0.15, 0.2) is 24.3 Å². The molecule has 2 amide bonds. The number of likely N-dealkylation sites (N-methyl/N-ethyl adjacent to an activating group) is 1. The second-order valence-corrected chi connectivity index (χ2v) is 5.06. The van der Waals surface area contributed by atoms with Gasteiger partial charge in [0.15, 0.2) is 0 Å². The van der Waals surface area contributed by atoms with Gasteiger partial charge in [0.25, 0.3) is 0 Å². The number of nitrogens with two attached hydrogens (primary N) is 1. The first kappa shape index (κ1) is 15.3. The third-order valence-corrected chi connectivity index (χ3v) is 3.56. The summed E-state index contributed by atoms with van der Waals surface area (Å²) in [5.74, 6) is -0.250. The molecule has 0 aliphatic carbocycles. The summed E-state index contributed by atoms with van der Waals surface area (Å²) in [6, 6.07) is 7.13. The van der Waals surface area contributed by atoms with E-state index in [1.165, 1.54) is 9.80 Å². The third kappa shape index (κ3) is 3.33. The quantitative estimate of drug-likeness (QED) is 0.796. The van der Waals surface area contributed by atoms with Crippen LogP contribution in [0.25, 0.3) is 0 Å². The minimum atomic E-state index is -0.493. The molecule has 1 aliphatic rings. The fourth-order valence-corrected chi connectivity index (χ4v) is 2.36. The van der Waals surface area contributed by atoms with Crippen molar-refractivity contribution in [1.82, 2.24) is 9.80 Å². The Bertz CT molecular complexity index is 533. The minimum Gasteiger partial charge on any atom is -0.494 e. The topological polar surface area (TPSA) is 75.9 Å². The summed E-state index contributed by atoms with van der Waals surface area (Å²) in [7, 11) is 1.63. The van der Waals surface area contributed by atoms with Gasteiger partial charge < -0.3 is 20.3 Å². The number of ether oxygens (including phenoxy) is 1. The molecule has 1 fully saturated rings. The van der Waals surface area contributed by atoms with Crippen LogP contribution >= 0.6 is 0 Å². The van der Waals surface area contributed by atoms with Gasteiger partial charge in [0.2, 0.25) is 0 Å². The van der Waals surface area contributed by atoms with Crippen LogP contribution in [0.4, 0.5) is 0 Å². The summed E-state index contributed by atoms with van der Waals surface area (Å²) in [6.45, 7) is 3.80. The van der Waals surface area contributed by atoms with Crippen molar-refractivity contribution >= 4 is 11.8 Å². The van der Waals surface area contributed by atoms with Crippen molar-refractivity contribution in [3.63, 3.8) is 0 Å². The molecule has 0 aromatic heterocycles. The van der Waals surface area contributed by atoms with Crippen LogP contribution in [-0.4, -0.2) is 54.9 Å². The summed E-state index contributed by atoms with van der Waals surface area (Å²) in [5.41, 5.74) is 7.05. The molecule has 0 radical (unpaired) electrons. The molecule has 6 heteroatoms. The lowest BCUT2D eigenvalue weighted by atomic mass is 10.1. The monoisotopic (exact) mass is 291 g/mol. The molecule has 2 rings (SSSR count). The molecule has 1 aromatic rings. The Kier molecular flexibility index (Phi) is 4.80. The van der Waals surface area contributed by atoms with E-state index >= 15 is 0 Å². The lowest BCUT2D eigenvalue weighted by Gasteiger charge is -2.33. The Labute approximate surface area is 124 Å². The van der Waals surface area contributed by atoms with Crippen molar-refractivity contribution in [1.29, 1.82) is 0 Å². The highest BCUT2D eigenvalue weighted by Crippen LogP contribution is 2.24.